The molecule has 0 radical (unpaired) electrons. The van der Waals surface area contributed by atoms with E-state index in [1.807, 2.05) is 7.05 Å². The topological polar surface area (TPSA) is 20.3 Å². The number of fused-ring (bicyclic) bond motifs is 1. The van der Waals surface area contributed by atoms with Gasteiger partial charge in [-0.2, -0.15) is 0 Å². The lowest BCUT2D eigenvalue weighted by Gasteiger charge is -2.33. The van der Waals surface area contributed by atoms with Crippen LogP contribution in [0.25, 0.3) is 0 Å². The van der Waals surface area contributed by atoms with Gasteiger partial charge in [0.05, 0.1) is 11.8 Å². The van der Waals surface area contributed by atoms with Crippen LogP contribution in [0.15, 0.2) is 18.2 Å². The molecule has 108 valence electrons. The van der Waals surface area contributed by atoms with Crippen molar-refractivity contribution in [3.63, 3.8) is 0 Å². The summed E-state index contributed by atoms with van der Waals surface area (Å²) >= 11 is 6.85. The molecular formula is C17H22ClNO. The van der Waals surface area contributed by atoms with Crippen LogP contribution in [0.5, 0.6) is 0 Å². The number of rotatable bonds is 3. The maximum Gasteiger partial charge on any atom is 0.231 e. The van der Waals surface area contributed by atoms with E-state index < -0.39 is 0 Å². The van der Waals surface area contributed by atoms with E-state index in [1.165, 1.54) is 31.2 Å². The fraction of sp³-hybridized carbons (Fsp3) is 0.588. The van der Waals surface area contributed by atoms with Crippen molar-refractivity contribution in [2.75, 3.05) is 11.9 Å². The van der Waals surface area contributed by atoms with Gasteiger partial charge in [0.1, 0.15) is 0 Å². The molecule has 1 fully saturated rings. The Labute approximate surface area is 126 Å². The molecule has 0 spiro atoms. The maximum absolute atomic E-state index is 11.8. The Hall–Kier alpha value is -1.02. The van der Waals surface area contributed by atoms with Crippen molar-refractivity contribution in [2.24, 2.45) is 5.41 Å². The summed E-state index contributed by atoms with van der Waals surface area (Å²) in [6, 6.07) is 6.33. The van der Waals surface area contributed by atoms with Crippen LogP contribution in [0.3, 0.4) is 0 Å². The number of anilines is 1. The minimum atomic E-state index is 0.0707. The molecule has 0 aromatic heterocycles. The average Bonchev–Trinajstić information content (AvgIpc) is 3.05. The van der Waals surface area contributed by atoms with Crippen LogP contribution < -0.4 is 4.90 Å². The fourth-order valence-corrected chi connectivity index (χ4v) is 4.37. The van der Waals surface area contributed by atoms with Crippen molar-refractivity contribution < 1.29 is 4.79 Å². The lowest BCUT2D eigenvalue weighted by molar-refractivity contribution is -0.117. The van der Waals surface area contributed by atoms with E-state index in [0.717, 1.165) is 17.7 Å². The molecule has 3 heteroatoms. The minimum Gasteiger partial charge on any atom is -0.315 e. The molecule has 1 unspecified atom stereocenters. The first-order valence-electron chi connectivity index (χ1n) is 7.61. The number of carbonyl (C=O) groups is 1. The maximum atomic E-state index is 11.8. The average molecular weight is 292 g/mol. The van der Waals surface area contributed by atoms with Crippen LogP contribution in [0, 0.1) is 5.41 Å². The van der Waals surface area contributed by atoms with E-state index in [1.54, 1.807) is 4.90 Å². The standard InChI is InChI=1S/C17H22ClNO/c1-3-17(8-4-5-9-17)16(18)12-6-7-14-13(10-12)11-15(20)19(14)2/h6-7,10,16H,3-5,8-9,11H2,1-2H3. The Morgan fingerprint density at radius 2 is 2.05 bits per heavy atom. The van der Waals surface area contributed by atoms with Gasteiger partial charge >= 0.3 is 0 Å². The second-order valence-electron chi connectivity index (χ2n) is 6.30. The van der Waals surface area contributed by atoms with Crippen molar-refractivity contribution in [3.8, 4) is 0 Å². The van der Waals surface area contributed by atoms with Gasteiger partial charge < -0.3 is 4.90 Å². The predicted molar refractivity (Wildman–Crippen MR) is 83.3 cm³/mol. The third-order valence-corrected chi connectivity index (χ3v) is 6.03. The summed E-state index contributed by atoms with van der Waals surface area (Å²) in [5.41, 5.74) is 3.62. The monoisotopic (exact) mass is 291 g/mol. The number of nitrogens with zero attached hydrogens (tertiary/aromatic N) is 1. The number of halogens is 1. The highest BCUT2D eigenvalue weighted by molar-refractivity contribution is 6.21. The molecule has 1 saturated carbocycles. The van der Waals surface area contributed by atoms with Crippen molar-refractivity contribution >= 4 is 23.2 Å². The molecule has 2 nitrogen and oxygen atoms in total. The fourth-order valence-electron chi connectivity index (χ4n) is 3.87. The molecule has 0 saturated heterocycles. The van der Waals surface area contributed by atoms with Crippen LogP contribution in [0.2, 0.25) is 0 Å². The first-order chi connectivity index (χ1) is 9.57. The van der Waals surface area contributed by atoms with Crippen LogP contribution in [-0.2, 0) is 11.2 Å². The largest absolute Gasteiger partial charge is 0.315 e. The summed E-state index contributed by atoms with van der Waals surface area (Å²) < 4.78 is 0. The Balaban J connectivity index is 1.92. The van der Waals surface area contributed by atoms with E-state index in [0.29, 0.717) is 6.42 Å². The first-order valence-corrected chi connectivity index (χ1v) is 8.04. The number of hydrogen-bond acceptors (Lipinski definition) is 1. The van der Waals surface area contributed by atoms with Crippen LogP contribution in [-0.4, -0.2) is 13.0 Å². The van der Waals surface area contributed by atoms with Gasteiger partial charge in [-0.1, -0.05) is 31.9 Å². The molecule has 1 atom stereocenters. The number of hydrogen-bond donors (Lipinski definition) is 0. The number of carbonyl (C=O) groups excluding carboxylic acids is 1. The summed E-state index contributed by atoms with van der Waals surface area (Å²) in [5, 5.41) is 0.0707. The van der Waals surface area contributed by atoms with Crippen molar-refractivity contribution in [2.45, 2.75) is 50.8 Å². The molecule has 3 rings (SSSR count). The Bertz CT molecular complexity index is 534. The highest BCUT2D eigenvalue weighted by atomic mass is 35.5. The molecule has 1 amide bonds. The smallest absolute Gasteiger partial charge is 0.231 e. The number of amides is 1. The van der Waals surface area contributed by atoms with E-state index >= 15 is 0 Å². The lowest BCUT2D eigenvalue weighted by Crippen LogP contribution is -2.21. The predicted octanol–water partition coefficient (Wildman–Crippen LogP) is 4.46. The summed E-state index contributed by atoms with van der Waals surface area (Å²) in [5.74, 6) is 0.175. The lowest BCUT2D eigenvalue weighted by atomic mass is 9.77. The van der Waals surface area contributed by atoms with E-state index in [-0.39, 0.29) is 16.7 Å². The summed E-state index contributed by atoms with van der Waals surface area (Å²) in [7, 11) is 1.84. The van der Waals surface area contributed by atoms with Crippen molar-refractivity contribution in [1.29, 1.82) is 0 Å². The third-order valence-electron chi connectivity index (χ3n) is 5.31. The zero-order valence-corrected chi connectivity index (χ0v) is 13.0. The zero-order valence-electron chi connectivity index (χ0n) is 12.3. The third kappa shape index (κ3) is 2.05. The Kier molecular flexibility index (Phi) is 3.53. The molecule has 0 N–H and O–H groups in total. The number of benzene rings is 1. The SMILES string of the molecule is CCC1(C(Cl)c2ccc3c(c2)CC(=O)N3C)CCCC1. The quantitative estimate of drug-likeness (QED) is 0.753. The first kappa shape index (κ1) is 13.9. The molecule has 20 heavy (non-hydrogen) atoms. The van der Waals surface area contributed by atoms with E-state index in [4.69, 9.17) is 11.6 Å². The second-order valence-corrected chi connectivity index (χ2v) is 6.74. The van der Waals surface area contributed by atoms with Crippen LogP contribution >= 0.6 is 11.6 Å². The molecular weight excluding hydrogens is 270 g/mol. The molecule has 1 aromatic rings. The van der Waals surface area contributed by atoms with Gasteiger partial charge in [-0.3, -0.25) is 4.79 Å². The van der Waals surface area contributed by atoms with Gasteiger partial charge in [0.25, 0.3) is 0 Å². The number of alkyl halides is 1. The van der Waals surface area contributed by atoms with Crippen molar-refractivity contribution in [3.05, 3.63) is 29.3 Å². The second kappa shape index (κ2) is 5.07. The summed E-state index contributed by atoms with van der Waals surface area (Å²) in [6.07, 6.45) is 6.70. The van der Waals surface area contributed by atoms with E-state index in [9.17, 15) is 4.79 Å². The highest BCUT2D eigenvalue weighted by Gasteiger charge is 2.40. The van der Waals surface area contributed by atoms with Gasteiger partial charge in [-0.05, 0) is 41.9 Å². The van der Waals surface area contributed by atoms with Gasteiger partial charge in [-0.25, -0.2) is 0 Å². The molecule has 1 aliphatic carbocycles. The summed E-state index contributed by atoms with van der Waals surface area (Å²) in [4.78, 5) is 13.5. The minimum absolute atomic E-state index is 0.0707. The van der Waals surface area contributed by atoms with Crippen LogP contribution in [0.4, 0.5) is 5.69 Å². The molecule has 1 aromatic carbocycles. The van der Waals surface area contributed by atoms with E-state index in [2.05, 4.69) is 25.1 Å². The zero-order chi connectivity index (χ0) is 14.3. The van der Waals surface area contributed by atoms with Gasteiger partial charge in [-0.15, -0.1) is 11.6 Å². The Morgan fingerprint density at radius 1 is 1.35 bits per heavy atom. The Morgan fingerprint density at radius 3 is 2.70 bits per heavy atom. The number of likely N-dealkylation sites (N-methyl/N-ethyl adjacent to an activating group) is 1. The van der Waals surface area contributed by atoms with Gasteiger partial charge in [0, 0.05) is 12.7 Å². The highest BCUT2D eigenvalue weighted by Crippen LogP contribution is 2.53. The van der Waals surface area contributed by atoms with Crippen molar-refractivity contribution in [1.82, 2.24) is 0 Å². The molecule has 2 aliphatic rings. The molecule has 0 bridgehead atoms. The van der Waals surface area contributed by atoms with Gasteiger partial charge in [0.2, 0.25) is 5.91 Å². The normalized spacial score (nSPS) is 22.1. The summed E-state index contributed by atoms with van der Waals surface area (Å²) in [6.45, 7) is 2.26. The van der Waals surface area contributed by atoms with Gasteiger partial charge in [0.15, 0.2) is 0 Å². The molecule has 1 heterocycles. The van der Waals surface area contributed by atoms with Crippen LogP contribution in [0.1, 0.15) is 55.5 Å². The molecule has 1 aliphatic heterocycles.